The smallest absolute Gasteiger partial charge is 0.258 e. The molecule has 1 aromatic rings. The molecule has 88 valence electrons. The largest absolute Gasteiger partial charge is 0.369 e. The Bertz CT molecular complexity index is 380. The van der Waals surface area contributed by atoms with Crippen LogP contribution in [0.4, 0.5) is 5.95 Å². The monoisotopic (exact) mass is 243 g/mol. The number of nitrogens with zero attached hydrogens (tertiary/aromatic N) is 2. The molecule has 0 aliphatic rings. The summed E-state index contributed by atoms with van der Waals surface area (Å²) in [6.07, 6.45) is 2.02. The van der Waals surface area contributed by atoms with Crippen LogP contribution in [-0.4, -0.2) is 28.6 Å². The van der Waals surface area contributed by atoms with E-state index < -0.39 is 5.60 Å². The molecule has 1 rings (SSSR count). The molecular formula is C10H14ClN3O2. The first-order valence-corrected chi connectivity index (χ1v) is 5.25. The third-order valence-corrected chi connectivity index (χ3v) is 2.66. The minimum Gasteiger partial charge on any atom is -0.369 e. The van der Waals surface area contributed by atoms with Gasteiger partial charge in [0.1, 0.15) is 10.8 Å². The molecule has 1 N–H and O–H groups in total. The number of methoxy groups -OCH3 is 1. The number of halogens is 1. The van der Waals surface area contributed by atoms with Gasteiger partial charge in [0.05, 0.1) is 0 Å². The van der Waals surface area contributed by atoms with Crippen LogP contribution in [0.25, 0.3) is 0 Å². The highest BCUT2D eigenvalue weighted by molar-refractivity contribution is 6.29. The Hall–Kier alpha value is -1.20. The number of amides is 1. The number of aromatic nitrogens is 2. The van der Waals surface area contributed by atoms with Crippen LogP contribution in [0.3, 0.4) is 0 Å². The van der Waals surface area contributed by atoms with Gasteiger partial charge in [-0.3, -0.25) is 10.1 Å². The zero-order valence-electron chi connectivity index (χ0n) is 9.45. The minimum atomic E-state index is -0.883. The Morgan fingerprint density at radius 1 is 1.69 bits per heavy atom. The maximum absolute atomic E-state index is 11.8. The van der Waals surface area contributed by atoms with Gasteiger partial charge < -0.3 is 4.74 Å². The third-order valence-electron chi connectivity index (χ3n) is 2.45. The van der Waals surface area contributed by atoms with Gasteiger partial charge in [-0.1, -0.05) is 18.5 Å². The van der Waals surface area contributed by atoms with E-state index in [0.29, 0.717) is 6.42 Å². The lowest BCUT2D eigenvalue weighted by molar-refractivity contribution is -0.136. The fourth-order valence-corrected chi connectivity index (χ4v) is 1.16. The number of carbonyl (C=O) groups excluding carboxylic acids is 1. The van der Waals surface area contributed by atoms with E-state index in [9.17, 15) is 4.79 Å². The number of rotatable bonds is 4. The Labute approximate surface area is 99.2 Å². The van der Waals surface area contributed by atoms with Crippen molar-refractivity contribution in [2.75, 3.05) is 12.4 Å². The first-order valence-electron chi connectivity index (χ1n) is 4.87. The molecule has 0 saturated heterocycles. The molecular weight excluding hydrogens is 230 g/mol. The number of hydrogen-bond donors (Lipinski definition) is 1. The number of anilines is 1. The van der Waals surface area contributed by atoms with Crippen LogP contribution < -0.4 is 5.32 Å². The lowest BCUT2D eigenvalue weighted by Gasteiger charge is -2.24. The van der Waals surface area contributed by atoms with Crippen LogP contribution in [0, 0.1) is 0 Å². The molecule has 1 amide bonds. The highest BCUT2D eigenvalue weighted by Crippen LogP contribution is 2.16. The van der Waals surface area contributed by atoms with Crippen LogP contribution >= 0.6 is 11.6 Å². The van der Waals surface area contributed by atoms with Crippen molar-refractivity contribution in [1.29, 1.82) is 0 Å². The number of nitrogens with one attached hydrogen (secondary N) is 1. The van der Waals surface area contributed by atoms with Crippen molar-refractivity contribution in [2.45, 2.75) is 25.9 Å². The Balaban J connectivity index is 2.78. The molecule has 1 unspecified atom stereocenters. The van der Waals surface area contributed by atoms with Crippen LogP contribution in [0.1, 0.15) is 20.3 Å². The summed E-state index contributed by atoms with van der Waals surface area (Å²) >= 11 is 5.68. The normalized spacial score (nSPS) is 14.2. The van der Waals surface area contributed by atoms with Crippen LogP contribution in [0.15, 0.2) is 12.3 Å². The highest BCUT2D eigenvalue weighted by atomic mass is 35.5. The highest BCUT2D eigenvalue weighted by Gasteiger charge is 2.31. The van der Waals surface area contributed by atoms with E-state index in [-0.39, 0.29) is 17.0 Å². The minimum absolute atomic E-state index is 0.175. The summed E-state index contributed by atoms with van der Waals surface area (Å²) in [7, 11) is 1.49. The van der Waals surface area contributed by atoms with Gasteiger partial charge >= 0.3 is 0 Å². The van der Waals surface area contributed by atoms with Crippen LogP contribution in [-0.2, 0) is 9.53 Å². The number of ether oxygens (including phenoxy) is 1. The Morgan fingerprint density at radius 2 is 2.38 bits per heavy atom. The van der Waals surface area contributed by atoms with Crippen molar-refractivity contribution >= 4 is 23.5 Å². The maximum Gasteiger partial charge on any atom is 0.258 e. The fraction of sp³-hybridized carbons (Fsp3) is 0.500. The van der Waals surface area contributed by atoms with E-state index in [1.165, 1.54) is 19.4 Å². The number of hydrogen-bond acceptors (Lipinski definition) is 4. The topological polar surface area (TPSA) is 64.1 Å². The molecule has 0 aliphatic carbocycles. The summed E-state index contributed by atoms with van der Waals surface area (Å²) < 4.78 is 5.15. The van der Waals surface area contributed by atoms with E-state index in [4.69, 9.17) is 16.3 Å². The number of carbonyl (C=O) groups is 1. The van der Waals surface area contributed by atoms with Crippen molar-refractivity contribution in [2.24, 2.45) is 0 Å². The SMILES string of the molecule is CCC(C)(OC)C(=O)Nc1nccc(Cl)n1. The van der Waals surface area contributed by atoms with Crippen LogP contribution in [0.5, 0.6) is 0 Å². The quantitative estimate of drug-likeness (QED) is 0.821. The zero-order valence-corrected chi connectivity index (χ0v) is 10.2. The summed E-state index contributed by atoms with van der Waals surface area (Å²) in [5.41, 5.74) is -0.883. The Kier molecular flexibility index (Phi) is 4.20. The maximum atomic E-state index is 11.8. The van der Waals surface area contributed by atoms with E-state index >= 15 is 0 Å². The molecule has 0 saturated carbocycles. The predicted octanol–water partition coefficient (Wildman–Crippen LogP) is 1.88. The van der Waals surface area contributed by atoms with Crippen molar-refractivity contribution in [1.82, 2.24) is 9.97 Å². The summed E-state index contributed by atoms with van der Waals surface area (Å²) in [6.45, 7) is 3.56. The Morgan fingerprint density at radius 3 is 2.88 bits per heavy atom. The first kappa shape index (κ1) is 12.9. The molecule has 0 bridgehead atoms. The molecule has 1 atom stereocenters. The van der Waals surface area contributed by atoms with Crippen molar-refractivity contribution in [3.63, 3.8) is 0 Å². The fourth-order valence-electron chi connectivity index (χ4n) is 1.03. The molecule has 5 nitrogen and oxygen atoms in total. The summed E-state index contributed by atoms with van der Waals surface area (Å²) in [5, 5.41) is 2.83. The second-order valence-electron chi connectivity index (χ2n) is 3.45. The van der Waals surface area contributed by atoms with E-state index in [0.717, 1.165) is 0 Å². The van der Waals surface area contributed by atoms with Crippen molar-refractivity contribution in [3.05, 3.63) is 17.4 Å². The van der Waals surface area contributed by atoms with Gasteiger partial charge in [0.25, 0.3) is 5.91 Å². The van der Waals surface area contributed by atoms with Gasteiger partial charge in [0.15, 0.2) is 0 Å². The first-order chi connectivity index (χ1) is 7.51. The van der Waals surface area contributed by atoms with Gasteiger partial charge in [-0.25, -0.2) is 9.97 Å². The van der Waals surface area contributed by atoms with Gasteiger partial charge in [-0.2, -0.15) is 0 Å². The van der Waals surface area contributed by atoms with E-state index in [2.05, 4.69) is 15.3 Å². The molecule has 1 heterocycles. The second-order valence-corrected chi connectivity index (χ2v) is 3.83. The van der Waals surface area contributed by atoms with Gasteiger partial charge in [-0.15, -0.1) is 0 Å². The molecule has 0 fully saturated rings. The molecule has 0 aromatic carbocycles. The summed E-state index contributed by atoms with van der Waals surface area (Å²) in [5.74, 6) is -0.117. The van der Waals surface area contributed by atoms with E-state index in [1.54, 1.807) is 6.92 Å². The second kappa shape index (κ2) is 5.23. The summed E-state index contributed by atoms with van der Waals surface area (Å²) in [4.78, 5) is 19.6. The van der Waals surface area contributed by atoms with Gasteiger partial charge in [-0.05, 0) is 19.4 Å². The lowest BCUT2D eigenvalue weighted by atomic mass is 10.0. The predicted molar refractivity (Wildman–Crippen MR) is 61.4 cm³/mol. The van der Waals surface area contributed by atoms with Crippen molar-refractivity contribution < 1.29 is 9.53 Å². The van der Waals surface area contributed by atoms with Crippen LogP contribution in [0.2, 0.25) is 5.15 Å². The molecule has 0 aliphatic heterocycles. The molecule has 0 radical (unpaired) electrons. The molecule has 16 heavy (non-hydrogen) atoms. The summed E-state index contributed by atoms with van der Waals surface area (Å²) in [6, 6.07) is 1.53. The zero-order chi connectivity index (χ0) is 12.2. The van der Waals surface area contributed by atoms with E-state index in [1.807, 2.05) is 6.92 Å². The molecule has 1 aromatic heterocycles. The van der Waals surface area contributed by atoms with Gasteiger partial charge in [0.2, 0.25) is 5.95 Å². The average Bonchev–Trinajstić information content (AvgIpc) is 2.28. The lowest BCUT2D eigenvalue weighted by Crippen LogP contribution is -2.41. The molecule has 6 heteroatoms. The average molecular weight is 244 g/mol. The third kappa shape index (κ3) is 2.90. The molecule has 0 spiro atoms. The standard InChI is InChI=1S/C10H14ClN3O2/c1-4-10(2,16-3)8(15)14-9-12-6-5-7(11)13-9/h5-6H,4H2,1-3H3,(H,12,13,14,15). The van der Waals surface area contributed by atoms with Crippen molar-refractivity contribution in [3.8, 4) is 0 Å². The van der Waals surface area contributed by atoms with Gasteiger partial charge in [0, 0.05) is 13.3 Å².